The third-order valence-corrected chi connectivity index (χ3v) is 7.93. The molecular formula is C23H28ClN3O. The molecule has 1 amide bonds. The molecule has 0 unspecified atom stereocenters. The number of hydrogen-bond acceptors (Lipinski definition) is 2. The van der Waals surface area contributed by atoms with Gasteiger partial charge < -0.3 is 5.32 Å². The van der Waals surface area contributed by atoms with Gasteiger partial charge in [0, 0.05) is 6.04 Å². The van der Waals surface area contributed by atoms with Crippen LogP contribution in [-0.4, -0.2) is 21.7 Å². The normalized spacial score (nSPS) is 31.8. The van der Waals surface area contributed by atoms with Crippen LogP contribution in [0.1, 0.15) is 61.5 Å². The maximum absolute atomic E-state index is 13.2. The molecule has 1 N–H and O–H groups in total. The number of carbonyl (C=O) groups is 1. The number of halogens is 1. The molecule has 4 fully saturated rings. The molecule has 4 saturated carbocycles. The number of benzene rings is 1. The van der Waals surface area contributed by atoms with Crippen LogP contribution in [0, 0.1) is 30.1 Å². The van der Waals surface area contributed by atoms with E-state index in [1.165, 1.54) is 38.5 Å². The molecule has 0 spiro atoms. The molecule has 1 heterocycles. The van der Waals surface area contributed by atoms with E-state index >= 15 is 0 Å². The highest BCUT2D eigenvalue weighted by Gasteiger charge is 2.53. The second kappa shape index (κ2) is 6.62. The van der Waals surface area contributed by atoms with Crippen molar-refractivity contribution < 1.29 is 4.79 Å². The van der Waals surface area contributed by atoms with Crippen LogP contribution in [0.4, 0.5) is 0 Å². The van der Waals surface area contributed by atoms with E-state index < -0.39 is 0 Å². The molecule has 0 saturated heterocycles. The van der Waals surface area contributed by atoms with Crippen LogP contribution in [0.25, 0.3) is 5.69 Å². The molecule has 28 heavy (non-hydrogen) atoms. The molecule has 2 aromatic rings. The Labute approximate surface area is 171 Å². The largest absolute Gasteiger partial charge is 0.349 e. The lowest BCUT2D eigenvalue weighted by molar-refractivity contribution is -0.0688. The third-order valence-electron chi connectivity index (χ3n) is 7.58. The highest BCUT2D eigenvalue weighted by Crippen LogP contribution is 2.61. The summed E-state index contributed by atoms with van der Waals surface area (Å²) in [6.45, 7) is 4.06. The van der Waals surface area contributed by atoms with E-state index in [9.17, 15) is 4.79 Å². The van der Waals surface area contributed by atoms with Crippen molar-refractivity contribution in [2.45, 2.75) is 58.4 Å². The zero-order chi connectivity index (χ0) is 19.5. The zero-order valence-electron chi connectivity index (χ0n) is 16.6. The minimum Gasteiger partial charge on any atom is -0.349 e. The van der Waals surface area contributed by atoms with Crippen LogP contribution >= 0.6 is 11.6 Å². The Hall–Kier alpha value is -1.81. The van der Waals surface area contributed by atoms with Crippen molar-refractivity contribution in [1.29, 1.82) is 0 Å². The summed E-state index contributed by atoms with van der Waals surface area (Å²) in [4.78, 5) is 13.2. The summed E-state index contributed by atoms with van der Waals surface area (Å²) in [5.74, 6) is 2.53. The van der Waals surface area contributed by atoms with E-state index in [0.29, 0.717) is 16.4 Å². The van der Waals surface area contributed by atoms with Gasteiger partial charge >= 0.3 is 0 Å². The fourth-order valence-corrected chi connectivity index (χ4v) is 6.99. The van der Waals surface area contributed by atoms with Gasteiger partial charge in [-0.3, -0.25) is 4.79 Å². The van der Waals surface area contributed by atoms with Crippen molar-refractivity contribution in [1.82, 2.24) is 15.1 Å². The number of para-hydroxylation sites is 1. The first-order valence-electron chi connectivity index (χ1n) is 10.6. The molecule has 4 bridgehead atoms. The fourth-order valence-electron chi connectivity index (χ4n) is 6.63. The number of nitrogens with one attached hydrogen (secondary N) is 1. The number of carbonyl (C=O) groups excluding carboxylic acids is 1. The van der Waals surface area contributed by atoms with E-state index in [1.807, 2.05) is 37.3 Å². The summed E-state index contributed by atoms with van der Waals surface area (Å²) in [5, 5.41) is 8.24. The van der Waals surface area contributed by atoms with E-state index in [4.69, 9.17) is 11.6 Å². The first-order chi connectivity index (χ1) is 13.4. The van der Waals surface area contributed by atoms with Crippen LogP contribution in [0.3, 0.4) is 0 Å². The van der Waals surface area contributed by atoms with Gasteiger partial charge in [0.1, 0.15) is 5.15 Å². The van der Waals surface area contributed by atoms with Crippen LogP contribution in [0.15, 0.2) is 30.3 Å². The van der Waals surface area contributed by atoms with Gasteiger partial charge in [-0.1, -0.05) is 29.8 Å². The van der Waals surface area contributed by atoms with Gasteiger partial charge in [-0.25, -0.2) is 4.68 Å². The Kier molecular flexibility index (Phi) is 4.31. The molecule has 6 rings (SSSR count). The summed E-state index contributed by atoms with van der Waals surface area (Å²) in [7, 11) is 0. The standard InChI is InChI=1S/C23H28ClN3O/c1-14-20(21(24)27(26-14)19-6-4-3-5-7-19)22(28)25-15(2)23-11-16-8-17(12-23)10-18(9-16)13-23/h3-7,15-18H,8-13H2,1-2H3,(H,25,28)/t15-,16?,17?,18?,23?/m0/s1. The smallest absolute Gasteiger partial charge is 0.256 e. The molecule has 1 aromatic heterocycles. The van der Waals surface area contributed by atoms with E-state index in [-0.39, 0.29) is 17.4 Å². The van der Waals surface area contributed by atoms with Gasteiger partial charge in [0.15, 0.2) is 0 Å². The molecule has 0 radical (unpaired) electrons. The highest BCUT2D eigenvalue weighted by atomic mass is 35.5. The Bertz CT molecular complexity index is 869. The average molecular weight is 398 g/mol. The van der Waals surface area contributed by atoms with Crippen LogP contribution in [0.5, 0.6) is 0 Å². The van der Waals surface area contributed by atoms with Crippen molar-refractivity contribution in [3.63, 3.8) is 0 Å². The topological polar surface area (TPSA) is 46.9 Å². The summed E-state index contributed by atoms with van der Waals surface area (Å²) in [6, 6.07) is 9.89. The maximum atomic E-state index is 13.2. The third kappa shape index (κ3) is 2.88. The molecule has 148 valence electrons. The summed E-state index contributed by atoms with van der Waals surface area (Å²) < 4.78 is 1.65. The van der Waals surface area contributed by atoms with Crippen molar-refractivity contribution in [3.05, 3.63) is 46.7 Å². The summed E-state index contributed by atoms with van der Waals surface area (Å²) in [5.41, 5.74) is 2.31. The zero-order valence-corrected chi connectivity index (χ0v) is 17.4. The summed E-state index contributed by atoms with van der Waals surface area (Å²) in [6.07, 6.45) is 8.06. The van der Waals surface area contributed by atoms with Crippen LogP contribution < -0.4 is 5.32 Å². The Morgan fingerprint density at radius 2 is 1.71 bits per heavy atom. The Balaban J connectivity index is 1.38. The van der Waals surface area contributed by atoms with E-state index in [0.717, 1.165) is 23.4 Å². The minimum atomic E-state index is -0.0899. The molecule has 1 aromatic carbocycles. The molecule has 4 aliphatic carbocycles. The quantitative estimate of drug-likeness (QED) is 0.773. The van der Waals surface area contributed by atoms with Gasteiger partial charge in [0.25, 0.3) is 5.91 Å². The Morgan fingerprint density at radius 1 is 1.14 bits per heavy atom. The van der Waals surface area contributed by atoms with Crippen molar-refractivity contribution >= 4 is 17.5 Å². The van der Waals surface area contributed by atoms with Gasteiger partial charge in [0.05, 0.1) is 16.9 Å². The fraction of sp³-hybridized carbons (Fsp3) is 0.565. The van der Waals surface area contributed by atoms with E-state index in [1.54, 1.807) is 4.68 Å². The number of rotatable bonds is 4. The molecule has 5 heteroatoms. The van der Waals surface area contributed by atoms with Gasteiger partial charge in [-0.05, 0) is 87.7 Å². The van der Waals surface area contributed by atoms with Crippen molar-refractivity contribution in [2.24, 2.45) is 23.2 Å². The molecule has 4 nitrogen and oxygen atoms in total. The SMILES string of the molecule is Cc1nn(-c2ccccc2)c(Cl)c1C(=O)N[C@@H](C)C12CC3CC(CC(C3)C1)C2. The molecule has 1 atom stereocenters. The predicted molar refractivity (Wildman–Crippen MR) is 111 cm³/mol. The molecular weight excluding hydrogens is 370 g/mol. The number of amides is 1. The lowest BCUT2D eigenvalue weighted by Gasteiger charge is -2.59. The monoisotopic (exact) mass is 397 g/mol. The van der Waals surface area contributed by atoms with Crippen molar-refractivity contribution in [3.8, 4) is 5.69 Å². The first-order valence-corrected chi connectivity index (χ1v) is 10.9. The Morgan fingerprint density at radius 3 is 2.29 bits per heavy atom. The number of aromatic nitrogens is 2. The van der Waals surface area contributed by atoms with Gasteiger partial charge in [0.2, 0.25) is 0 Å². The number of nitrogens with zero attached hydrogens (tertiary/aromatic N) is 2. The highest BCUT2D eigenvalue weighted by molar-refractivity contribution is 6.33. The number of aryl methyl sites for hydroxylation is 1. The molecule has 0 aliphatic heterocycles. The lowest BCUT2D eigenvalue weighted by Crippen LogP contribution is -2.55. The average Bonchev–Trinajstić information content (AvgIpc) is 2.95. The first kappa shape index (κ1) is 18.2. The van der Waals surface area contributed by atoms with Crippen LogP contribution in [-0.2, 0) is 0 Å². The second-order valence-corrected chi connectivity index (χ2v) is 9.83. The molecule has 4 aliphatic rings. The van der Waals surface area contributed by atoms with Gasteiger partial charge in [-0.2, -0.15) is 5.10 Å². The minimum absolute atomic E-state index is 0.0899. The summed E-state index contributed by atoms with van der Waals surface area (Å²) >= 11 is 6.60. The maximum Gasteiger partial charge on any atom is 0.256 e. The lowest BCUT2D eigenvalue weighted by atomic mass is 9.48. The number of hydrogen-bond donors (Lipinski definition) is 1. The van der Waals surface area contributed by atoms with Gasteiger partial charge in [-0.15, -0.1) is 0 Å². The van der Waals surface area contributed by atoms with Crippen LogP contribution in [0.2, 0.25) is 5.15 Å². The predicted octanol–water partition coefficient (Wildman–Crippen LogP) is 5.17. The van der Waals surface area contributed by atoms with Crippen molar-refractivity contribution in [2.75, 3.05) is 0 Å². The second-order valence-electron chi connectivity index (χ2n) is 9.47. The van der Waals surface area contributed by atoms with E-state index in [2.05, 4.69) is 17.3 Å².